The monoisotopic (exact) mass is 1380 g/mol. The number of unbranched alkanes of at least 4 members (excludes halogenated alkanes) is 39. The average molecular weight is 1380 g/mol. The minimum absolute atomic E-state index is 0.205. The third-order valence-corrected chi connectivity index (χ3v) is 19.5. The van der Waals surface area contributed by atoms with Gasteiger partial charge in [-0.3, -0.25) is 9.59 Å². The Morgan fingerprint density at radius 2 is 0.969 bits per heavy atom. The van der Waals surface area contributed by atoms with Gasteiger partial charge in [0.25, 0.3) is 5.79 Å². The number of ether oxygens (including phenoxy) is 6. The number of aliphatic hydroxyl groups is 11. The van der Waals surface area contributed by atoms with Crippen molar-refractivity contribution in [1.29, 1.82) is 0 Å². The average Bonchev–Trinajstić information content (AvgIpc) is 0.758. The number of hydrogen-bond donors (Lipinski definition) is 14. The minimum Gasteiger partial charge on any atom is -0.477 e. The van der Waals surface area contributed by atoms with E-state index < -0.39 is 155 Å². The van der Waals surface area contributed by atoms with Crippen LogP contribution in [0, 0.1) is 0 Å². The molecule has 23 heteroatoms. The molecule has 18 unspecified atom stereocenters. The summed E-state index contributed by atoms with van der Waals surface area (Å²) in [6, 6.07) is -2.61. The zero-order valence-corrected chi connectivity index (χ0v) is 59.2. The number of amides is 2. The van der Waals surface area contributed by atoms with Crippen LogP contribution in [0.15, 0.2) is 12.2 Å². The second-order valence-electron chi connectivity index (χ2n) is 27.9. The SMILES string of the molecule is CCCCCCCCCCCCCCCCCCCC/C=C/C(O)C(COC1OC(CO)C(OC2OC(CO)C(O)C(OC3(C(=O)O)CC(O)C(NC(C)=O)C(C(O)C(O)CO)O3)C2O)C(O)C1O)NC(=O)CCCCCCCCCCCCCCCCCCCCCCCC. The van der Waals surface area contributed by atoms with Crippen LogP contribution in [0.3, 0.4) is 0 Å². The molecule has 0 aromatic heterocycles. The van der Waals surface area contributed by atoms with Crippen LogP contribution in [0.4, 0.5) is 0 Å². The lowest BCUT2D eigenvalue weighted by Gasteiger charge is -2.50. The lowest BCUT2D eigenvalue weighted by atomic mass is 9.88. The van der Waals surface area contributed by atoms with Crippen molar-refractivity contribution in [3.63, 3.8) is 0 Å². The second kappa shape index (κ2) is 53.3. The summed E-state index contributed by atoms with van der Waals surface area (Å²) in [6.45, 7) is 2.18. The van der Waals surface area contributed by atoms with Crippen molar-refractivity contribution >= 4 is 17.8 Å². The van der Waals surface area contributed by atoms with Crippen molar-refractivity contribution in [3.05, 3.63) is 12.2 Å². The van der Waals surface area contributed by atoms with Gasteiger partial charge in [-0.2, -0.15) is 0 Å². The molecule has 3 saturated heterocycles. The maximum Gasteiger partial charge on any atom is 0.364 e. The summed E-state index contributed by atoms with van der Waals surface area (Å²) in [5, 5.41) is 136. The molecule has 3 heterocycles. The molecule has 0 spiro atoms. The van der Waals surface area contributed by atoms with Crippen molar-refractivity contribution in [2.75, 3.05) is 26.4 Å². The van der Waals surface area contributed by atoms with Crippen LogP contribution in [0.1, 0.15) is 297 Å². The van der Waals surface area contributed by atoms with Gasteiger partial charge < -0.3 is 100 Å². The Morgan fingerprint density at radius 1 is 0.542 bits per heavy atom. The maximum atomic E-state index is 13.5. The highest BCUT2D eigenvalue weighted by Crippen LogP contribution is 2.39. The van der Waals surface area contributed by atoms with E-state index in [0.29, 0.717) is 12.8 Å². The van der Waals surface area contributed by atoms with Gasteiger partial charge in [-0.1, -0.05) is 270 Å². The predicted octanol–water partition coefficient (Wildman–Crippen LogP) is 8.63. The number of aliphatic hydroxyl groups excluding tert-OH is 11. The fourth-order valence-corrected chi connectivity index (χ4v) is 13.4. The second-order valence-corrected chi connectivity index (χ2v) is 27.9. The van der Waals surface area contributed by atoms with Gasteiger partial charge in [0, 0.05) is 19.8 Å². The number of hydrogen-bond acceptors (Lipinski definition) is 20. The molecule has 0 aliphatic carbocycles. The maximum absolute atomic E-state index is 13.5. The van der Waals surface area contributed by atoms with Gasteiger partial charge in [-0.15, -0.1) is 0 Å². The van der Waals surface area contributed by atoms with E-state index in [2.05, 4.69) is 24.5 Å². The first-order valence-corrected chi connectivity index (χ1v) is 38.1. The highest BCUT2D eigenvalue weighted by atomic mass is 16.8. The number of carbonyl (C=O) groups is 3. The number of allylic oxidation sites excluding steroid dienone is 1. The van der Waals surface area contributed by atoms with Gasteiger partial charge in [0.2, 0.25) is 11.8 Å². The zero-order valence-electron chi connectivity index (χ0n) is 59.2. The molecule has 0 aromatic carbocycles. The van der Waals surface area contributed by atoms with E-state index in [0.717, 1.165) is 51.9 Å². The van der Waals surface area contributed by atoms with E-state index in [1.54, 1.807) is 6.08 Å². The van der Waals surface area contributed by atoms with Crippen molar-refractivity contribution in [2.45, 2.75) is 407 Å². The van der Waals surface area contributed by atoms with Crippen LogP contribution < -0.4 is 10.6 Å². The topological polar surface area (TPSA) is 373 Å². The summed E-state index contributed by atoms with van der Waals surface area (Å²) in [6.07, 6.45) is 25.3. The van der Waals surface area contributed by atoms with Crippen LogP contribution in [-0.4, -0.2) is 215 Å². The van der Waals surface area contributed by atoms with Crippen molar-refractivity contribution in [2.24, 2.45) is 0 Å². The summed E-state index contributed by atoms with van der Waals surface area (Å²) in [4.78, 5) is 38.6. The predicted molar refractivity (Wildman–Crippen MR) is 366 cm³/mol. The van der Waals surface area contributed by atoms with E-state index >= 15 is 0 Å². The van der Waals surface area contributed by atoms with Gasteiger partial charge in [0.1, 0.15) is 67.1 Å². The standard InChI is InChI=1S/C73H136N2O21/c1-4-6-8-10-12-14-16-18-20-22-24-26-27-29-31-33-35-37-39-41-43-45-47-60(83)75-54(55(80)46-44-42-40-38-36-34-32-30-28-25-23-21-19-17-15-13-11-9-7-5-2)52-91-70-65(87)64(86)67(59(51-78)93-70)94-71-66(88)69(63(85)58(50-77)92-71)96-73(72(89)90)48-56(81)61(74-53(3)79)68(95-73)62(84)57(82)49-76/h44,46,54-59,61-71,76-78,80-82,84-88H,4-43,45,47-52H2,1-3H3,(H,74,79)(H,75,83)(H,89,90)/b46-44+. The molecule has 0 aromatic rings. The highest BCUT2D eigenvalue weighted by Gasteiger charge is 2.60. The molecule has 3 aliphatic heterocycles. The van der Waals surface area contributed by atoms with Crippen molar-refractivity contribution in [1.82, 2.24) is 10.6 Å². The van der Waals surface area contributed by atoms with E-state index in [9.17, 15) is 75.7 Å². The molecule has 96 heavy (non-hydrogen) atoms. The van der Waals surface area contributed by atoms with Crippen LogP contribution in [0.25, 0.3) is 0 Å². The Bertz CT molecular complexity index is 1980. The molecule has 18 atom stereocenters. The first kappa shape index (κ1) is 87.7. The quantitative estimate of drug-likeness (QED) is 0.0200. The summed E-state index contributed by atoms with van der Waals surface area (Å²) in [5.74, 6) is -6.13. The van der Waals surface area contributed by atoms with Gasteiger partial charge >= 0.3 is 5.97 Å². The van der Waals surface area contributed by atoms with Gasteiger partial charge in [-0.25, -0.2) is 4.79 Å². The van der Waals surface area contributed by atoms with E-state index in [1.807, 2.05) is 6.08 Å². The van der Waals surface area contributed by atoms with Crippen molar-refractivity contribution in [3.8, 4) is 0 Å². The molecule has 3 fully saturated rings. The molecular weight excluding hydrogens is 1240 g/mol. The van der Waals surface area contributed by atoms with Gasteiger partial charge in [0.15, 0.2) is 12.6 Å². The smallest absolute Gasteiger partial charge is 0.364 e. The fraction of sp³-hybridized carbons (Fsp3) is 0.932. The van der Waals surface area contributed by atoms with Gasteiger partial charge in [0.05, 0.1) is 50.7 Å². The van der Waals surface area contributed by atoms with E-state index in [4.69, 9.17) is 28.4 Å². The normalized spacial score (nSPS) is 27.6. The Balaban J connectivity index is 1.56. The summed E-state index contributed by atoms with van der Waals surface area (Å²) >= 11 is 0. The molecule has 0 radical (unpaired) electrons. The summed E-state index contributed by atoms with van der Waals surface area (Å²) in [5.41, 5.74) is 0. The third kappa shape index (κ3) is 34.4. The fourth-order valence-electron chi connectivity index (χ4n) is 13.4. The Morgan fingerprint density at radius 3 is 1.39 bits per heavy atom. The zero-order chi connectivity index (χ0) is 70.4. The number of carboxylic acids is 1. The first-order chi connectivity index (χ1) is 46.4. The van der Waals surface area contributed by atoms with Crippen LogP contribution in [0.5, 0.6) is 0 Å². The van der Waals surface area contributed by atoms with Crippen LogP contribution in [-0.2, 0) is 42.8 Å². The Labute approximate surface area is 575 Å². The number of carbonyl (C=O) groups excluding carboxylic acids is 2. The number of aliphatic carboxylic acids is 1. The lowest BCUT2D eigenvalue weighted by molar-refractivity contribution is -0.386. The summed E-state index contributed by atoms with van der Waals surface area (Å²) in [7, 11) is 0. The molecule has 23 nitrogen and oxygen atoms in total. The number of rotatable bonds is 59. The third-order valence-electron chi connectivity index (χ3n) is 19.5. The Hall–Kier alpha value is -2.53. The molecule has 0 saturated carbocycles. The molecule has 3 rings (SSSR count). The van der Waals surface area contributed by atoms with Crippen LogP contribution in [0.2, 0.25) is 0 Å². The molecule has 14 N–H and O–H groups in total. The number of nitrogens with one attached hydrogen (secondary N) is 2. The largest absolute Gasteiger partial charge is 0.477 e. The van der Waals surface area contributed by atoms with Crippen LogP contribution >= 0.6 is 0 Å². The van der Waals surface area contributed by atoms with E-state index in [-0.39, 0.29) is 12.3 Å². The molecular formula is C73H136N2O21. The highest BCUT2D eigenvalue weighted by molar-refractivity contribution is 5.77. The van der Waals surface area contributed by atoms with E-state index in [1.165, 1.54) is 205 Å². The molecule has 564 valence electrons. The Kier molecular flexibility index (Phi) is 48.7. The molecule has 2 amide bonds. The lowest BCUT2D eigenvalue weighted by Crippen LogP contribution is -2.70. The summed E-state index contributed by atoms with van der Waals surface area (Å²) < 4.78 is 34.9. The minimum atomic E-state index is -3.08. The first-order valence-electron chi connectivity index (χ1n) is 38.1. The molecule has 3 aliphatic rings. The molecule has 0 bridgehead atoms. The number of carboxylic acid groups (broad SMARTS) is 1. The van der Waals surface area contributed by atoms with Gasteiger partial charge in [-0.05, 0) is 19.3 Å². The van der Waals surface area contributed by atoms with Crippen molar-refractivity contribution < 1.29 is 104 Å².